The molecular weight excluding hydrogens is 570 g/mol. The number of fused-ring (bicyclic) bond motifs is 4. The summed E-state index contributed by atoms with van der Waals surface area (Å²) in [5, 5.41) is 23.5. The molecule has 0 aromatic carbocycles. The van der Waals surface area contributed by atoms with Gasteiger partial charge in [-0.05, 0) is 118 Å². The second-order valence-electron chi connectivity index (χ2n) is 18.4. The summed E-state index contributed by atoms with van der Waals surface area (Å²) in [4.78, 5) is 14.4. The second kappa shape index (κ2) is 10.4. The van der Waals surface area contributed by atoms with Crippen molar-refractivity contribution < 1.29 is 34.0 Å². The third-order valence-corrected chi connectivity index (χ3v) is 15.6. The van der Waals surface area contributed by atoms with Gasteiger partial charge in [-0.3, -0.25) is 9.69 Å². The van der Waals surface area contributed by atoms with Crippen molar-refractivity contribution in [3.05, 3.63) is 0 Å². The fourth-order valence-electron chi connectivity index (χ4n) is 13.6. The monoisotopic (exact) mass is 631 g/mol. The topological polar surface area (TPSA) is 97.7 Å². The minimum Gasteiger partial charge on any atom is -0.457 e. The zero-order valence-electron chi connectivity index (χ0n) is 29.4. The molecule has 7 fully saturated rings. The maximum atomic E-state index is 12.5. The van der Waals surface area contributed by atoms with Crippen LogP contribution in [-0.2, 0) is 23.7 Å². The molecule has 256 valence electrons. The van der Waals surface area contributed by atoms with Gasteiger partial charge in [-0.2, -0.15) is 0 Å². The van der Waals surface area contributed by atoms with Crippen LogP contribution in [0.4, 0.5) is 0 Å². The van der Waals surface area contributed by atoms with Crippen LogP contribution in [-0.4, -0.2) is 90.2 Å². The predicted molar refractivity (Wildman–Crippen MR) is 170 cm³/mol. The molecule has 45 heavy (non-hydrogen) atoms. The maximum absolute atomic E-state index is 12.5. The summed E-state index contributed by atoms with van der Waals surface area (Å²) in [7, 11) is 2.15. The average molecular weight is 632 g/mol. The molecule has 2 saturated heterocycles. The number of aliphatic hydroxyl groups excluding tert-OH is 1. The average Bonchev–Trinajstić information content (AvgIpc) is 3.57. The first-order valence-electron chi connectivity index (χ1n) is 18.1. The molecule has 2 spiro atoms. The molecule has 7 aliphatic rings. The molecule has 0 bridgehead atoms. The van der Waals surface area contributed by atoms with Crippen molar-refractivity contribution in [3.8, 4) is 0 Å². The van der Waals surface area contributed by atoms with Crippen LogP contribution < -0.4 is 0 Å². The molecule has 0 radical (unpaired) electrons. The third-order valence-electron chi connectivity index (χ3n) is 15.6. The third kappa shape index (κ3) is 4.40. The SMILES string of the molecule is CC(=O)O[C@@H]([C@H]1C[C@@H](C)C2C(O1)[C@H](O)[C@@]1(C)[C@@H]3CC[C@H]4C(C)(C)[C@@H](O[C@H]5CN(C)CCO5)CC[C@@]45C[C@@]35CC[C@]21C)C(C)(C)O. The summed E-state index contributed by atoms with van der Waals surface area (Å²) in [6.45, 7) is 19.4. The van der Waals surface area contributed by atoms with Gasteiger partial charge in [0, 0.05) is 25.4 Å². The van der Waals surface area contributed by atoms with Crippen molar-refractivity contribution in [2.45, 2.75) is 149 Å². The standard InChI is InChI=1S/C37H61NO7/c1-21-18-23(31(33(5,6)41)43-22(2)39)44-29-28(21)34(7)14-15-37-20-36(37)13-12-26(45-27-19-38(9)16-17-42-27)32(3,4)24(36)10-11-25(37)35(34,8)30(29)40/h21,23-31,40-41H,10-20H2,1-9H3/t21-,23-,24+,25+,26+,27+,28?,29?,30+,31+,34-,35-,36-,37+/m1/s1. The molecule has 0 aromatic heterocycles. The van der Waals surface area contributed by atoms with Gasteiger partial charge >= 0.3 is 5.97 Å². The first kappa shape index (κ1) is 32.8. The molecule has 2 unspecified atom stereocenters. The van der Waals surface area contributed by atoms with Gasteiger partial charge in [0.25, 0.3) is 0 Å². The van der Waals surface area contributed by atoms with Crippen LogP contribution in [0.5, 0.6) is 0 Å². The van der Waals surface area contributed by atoms with E-state index in [0.717, 1.165) is 39.0 Å². The quantitative estimate of drug-likeness (QED) is 0.401. The number of ether oxygens (including phenoxy) is 4. The van der Waals surface area contributed by atoms with E-state index in [1.54, 1.807) is 13.8 Å². The first-order chi connectivity index (χ1) is 20.9. The predicted octanol–water partition coefficient (Wildman–Crippen LogP) is 5.18. The second-order valence-corrected chi connectivity index (χ2v) is 18.4. The van der Waals surface area contributed by atoms with Crippen LogP contribution in [0.3, 0.4) is 0 Å². The van der Waals surface area contributed by atoms with Crippen molar-refractivity contribution >= 4 is 5.97 Å². The van der Waals surface area contributed by atoms with Crippen molar-refractivity contribution in [3.63, 3.8) is 0 Å². The summed E-state index contributed by atoms with van der Waals surface area (Å²) in [6.07, 6.45) is 6.89. The number of aliphatic hydroxyl groups is 2. The van der Waals surface area contributed by atoms with Crippen molar-refractivity contribution in [2.75, 3.05) is 26.7 Å². The Labute approximate surface area is 271 Å². The zero-order valence-corrected chi connectivity index (χ0v) is 29.4. The molecule has 0 amide bonds. The van der Waals surface area contributed by atoms with Gasteiger partial charge in [0.15, 0.2) is 12.4 Å². The molecule has 7 rings (SSSR count). The van der Waals surface area contributed by atoms with Gasteiger partial charge in [-0.15, -0.1) is 0 Å². The minimum absolute atomic E-state index is 0.0418. The molecule has 2 heterocycles. The Hall–Kier alpha value is -0.770. The van der Waals surface area contributed by atoms with Crippen LogP contribution in [0.15, 0.2) is 0 Å². The largest absolute Gasteiger partial charge is 0.457 e. The van der Waals surface area contributed by atoms with Crippen LogP contribution in [0.1, 0.15) is 107 Å². The Morgan fingerprint density at radius 1 is 1.04 bits per heavy atom. The molecule has 8 nitrogen and oxygen atoms in total. The lowest BCUT2D eigenvalue weighted by Crippen LogP contribution is -2.60. The number of likely N-dealkylation sites (N-methyl/N-ethyl adjacent to an activating group) is 1. The highest BCUT2D eigenvalue weighted by atomic mass is 16.7. The molecule has 5 aliphatic carbocycles. The van der Waals surface area contributed by atoms with Crippen molar-refractivity contribution in [1.82, 2.24) is 4.90 Å². The number of nitrogens with zero attached hydrogens (tertiary/aromatic N) is 1. The van der Waals surface area contributed by atoms with E-state index < -0.39 is 29.9 Å². The van der Waals surface area contributed by atoms with Gasteiger partial charge in [-0.25, -0.2) is 0 Å². The number of carbonyl (C=O) groups excluding carboxylic acids is 1. The number of hydrogen-bond donors (Lipinski definition) is 2. The van der Waals surface area contributed by atoms with Crippen molar-refractivity contribution in [1.29, 1.82) is 0 Å². The van der Waals surface area contributed by atoms with Crippen LogP contribution >= 0.6 is 0 Å². The highest BCUT2D eigenvalue weighted by Gasteiger charge is 2.84. The van der Waals surface area contributed by atoms with E-state index in [1.807, 2.05) is 0 Å². The summed E-state index contributed by atoms with van der Waals surface area (Å²) in [5.74, 6) is 1.16. The van der Waals surface area contributed by atoms with Gasteiger partial charge in [0.1, 0.15) is 0 Å². The lowest BCUT2D eigenvalue weighted by Gasteiger charge is -2.64. The number of hydrogen-bond acceptors (Lipinski definition) is 8. The Kier molecular flexibility index (Phi) is 7.55. The summed E-state index contributed by atoms with van der Waals surface area (Å²) in [5.41, 5.74) is -0.869. The lowest BCUT2D eigenvalue weighted by atomic mass is 9.41. The van der Waals surface area contributed by atoms with E-state index in [4.69, 9.17) is 18.9 Å². The van der Waals surface area contributed by atoms with E-state index >= 15 is 0 Å². The Morgan fingerprint density at radius 2 is 1.73 bits per heavy atom. The zero-order chi connectivity index (χ0) is 32.5. The Bertz CT molecular complexity index is 1190. The number of esters is 1. The van der Waals surface area contributed by atoms with Gasteiger partial charge < -0.3 is 29.2 Å². The molecule has 0 aromatic rings. The van der Waals surface area contributed by atoms with E-state index in [-0.39, 0.29) is 52.0 Å². The molecular formula is C37H61NO7. The summed E-state index contributed by atoms with van der Waals surface area (Å²) >= 11 is 0. The van der Waals surface area contributed by atoms with Gasteiger partial charge in [0.05, 0.1) is 36.6 Å². The van der Waals surface area contributed by atoms with E-state index in [2.05, 4.69) is 46.6 Å². The first-order valence-corrected chi connectivity index (χ1v) is 18.1. The normalized spacial score (nSPS) is 52.8. The van der Waals surface area contributed by atoms with E-state index in [9.17, 15) is 15.0 Å². The summed E-state index contributed by atoms with van der Waals surface area (Å²) in [6, 6.07) is 0. The molecule has 5 saturated carbocycles. The molecule has 14 atom stereocenters. The molecule has 2 aliphatic heterocycles. The van der Waals surface area contributed by atoms with Crippen LogP contribution in [0.25, 0.3) is 0 Å². The Morgan fingerprint density at radius 3 is 2.40 bits per heavy atom. The maximum Gasteiger partial charge on any atom is 0.303 e. The van der Waals surface area contributed by atoms with Crippen LogP contribution in [0.2, 0.25) is 0 Å². The van der Waals surface area contributed by atoms with Crippen molar-refractivity contribution in [2.24, 2.45) is 50.7 Å². The molecule has 8 heteroatoms. The fraction of sp³-hybridized carbons (Fsp3) is 0.973. The van der Waals surface area contributed by atoms with Gasteiger partial charge in [0.2, 0.25) is 0 Å². The highest BCUT2D eigenvalue weighted by Crippen LogP contribution is 2.89. The fourth-order valence-corrected chi connectivity index (χ4v) is 13.6. The van der Waals surface area contributed by atoms with Gasteiger partial charge in [-0.1, -0.05) is 34.6 Å². The highest BCUT2D eigenvalue weighted by molar-refractivity contribution is 5.66. The smallest absolute Gasteiger partial charge is 0.303 e. The number of morpholine rings is 1. The van der Waals surface area contributed by atoms with E-state index in [1.165, 1.54) is 32.6 Å². The van der Waals surface area contributed by atoms with E-state index in [0.29, 0.717) is 23.7 Å². The number of rotatable bonds is 5. The number of carbonyl (C=O) groups is 1. The van der Waals surface area contributed by atoms with Crippen LogP contribution in [0, 0.1) is 50.7 Å². The summed E-state index contributed by atoms with van der Waals surface area (Å²) < 4.78 is 25.4. The molecule has 2 N–H and O–H groups in total. The minimum atomic E-state index is -1.25. The lowest BCUT2D eigenvalue weighted by molar-refractivity contribution is -0.247. The Balaban J connectivity index is 1.15.